The molecule has 1 aromatic heterocycles. The highest BCUT2D eigenvalue weighted by atomic mass is 32.2. The Hall–Kier alpha value is -2.67. The minimum absolute atomic E-state index is 0.125. The predicted octanol–water partition coefficient (Wildman–Crippen LogP) is 3.74. The van der Waals surface area contributed by atoms with Crippen LogP contribution in [0.15, 0.2) is 53.4 Å². The molecule has 1 N–H and O–H groups in total. The van der Waals surface area contributed by atoms with E-state index in [1.165, 1.54) is 18.2 Å². The smallest absolute Gasteiger partial charge is 0.265 e. The van der Waals surface area contributed by atoms with Gasteiger partial charge in [-0.25, -0.2) is 17.5 Å². The molecular weight excluding hydrogens is 341 g/mol. The van der Waals surface area contributed by atoms with Gasteiger partial charge in [-0.15, -0.1) is 0 Å². The third-order valence-electron chi connectivity index (χ3n) is 3.93. The van der Waals surface area contributed by atoms with Gasteiger partial charge in [-0.1, -0.05) is 18.2 Å². The largest absolute Gasteiger partial charge is 0.279 e. The summed E-state index contributed by atoms with van der Waals surface area (Å²) in [6.07, 6.45) is 0. The van der Waals surface area contributed by atoms with Crippen LogP contribution in [-0.4, -0.2) is 18.2 Å². The average Bonchev–Trinajstić information content (AvgIpc) is 2.86. The van der Waals surface area contributed by atoms with E-state index in [1.807, 2.05) is 30.3 Å². The summed E-state index contributed by atoms with van der Waals surface area (Å²) >= 11 is 0. The van der Waals surface area contributed by atoms with E-state index in [0.29, 0.717) is 22.6 Å². The average molecular weight is 359 g/mol. The van der Waals surface area contributed by atoms with Crippen molar-refractivity contribution in [2.24, 2.45) is 0 Å². The van der Waals surface area contributed by atoms with E-state index < -0.39 is 15.8 Å². The van der Waals surface area contributed by atoms with Gasteiger partial charge in [0.1, 0.15) is 10.7 Å². The quantitative estimate of drug-likeness (QED) is 0.772. The number of hydrogen-bond donors (Lipinski definition) is 1. The summed E-state index contributed by atoms with van der Waals surface area (Å²) in [5.74, 6) is -0.412. The first-order valence-electron chi connectivity index (χ1n) is 7.70. The van der Waals surface area contributed by atoms with Gasteiger partial charge in [-0.2, -0.15) is 5.10 Å². The van der Waals surface area contributed by atoms with Gasteiger partial charge in [0.2, 0.25) is 0 Å². The van der Waals surface area contributed by atoms with Gasteiger partial charge in [-0.05, 0) is 56.7 Å². The maximum atomic E-state index is 13.2. The van der Waals surface area contributed by atoms with E-state index in [9.17, 15) is 12.8 Å². The zero-order valence-electron chi connectivity index (χ0n) is 14.1. The summed E-state index contributed by atoms with van der Waals surface area (Å²) in [4.78, 5) is 0.125. The van der Waals surface area contributed by atoms with Crippen molar-refractivity contribution in [2.45, 2.75) is 25.7 Å². The third kappa shape index (κ3) is 3.28. The Bertz CT molecular complexity index is 1030. The van der Waals surface area contributed by atoms with Crippen molar-refractivity contribution in [3.05, 3.63) is 71.3 Å². The van der Waals surface area contributed by atoms with Crippen LogP contribution in [-0.2, 0) is 10.0 Å². The summed E-state index contributed by atoms with van der Waals surface area (Å²) in [5, 5.41) is 4.36. The maximum absolute atomic E-state index is 13.2. The number of sulfonamides is 1. The van der Waals surface area contributed by atoms with Gasteiger partial charge in [-0.3, -0.25) is 4.72 Å². The third-order valence-corrected chi connectivity index (χ3v) is 5.54. The van der Waals surface area contributed by atoms with E-state index in [-0.39, 0.29) is 4.90 Å². The number of nitrogens with zero attached hydrogens (tertiary/aromatic N) is 2. The number of hydrogen-bond acceptors (Lipinski definition) is 3. The molecule has 130 valence electrons. The summed E-state index contributed by atoms with van der Waals surface area (Å²) in [6, 6.07) is 13.2. The van der Waals surface area contributed by atoms with Gasteiger partial charge in [0.15, 0.2) is 0 Å². The summed E-state index contributed by atoms with van der Waals surface area (Å²) in [5.41, 5.74) is 2.54. The first-order chi connectivity index (χ1) is 11.8. The van der Waals surface area contributed by atoms with Crippen LogP contribution in [0.4, 0.5) is 10.1 Å². The van der Waals surface area contributed by atoms with Gasteiger partial charge in [0, 0.05) is 0 Å². The van der Waals surface area contributed by atoms with Gasteiger partial charge >= 0.3 is 0 Å². The van der Waals surface area contributed by atoms with Crippen molar-refractivity contribution < 1.29 is 12.8 Å². The molecule has 0 fully saturated rings. The lowest BCUT2D eigenvalue weighted by Crippen LogP contribution is -2.15. The van der Waals surface area contributed by atoms with E-state index in [1.54, 1.807) is 25.5 Å². The first kappa shape index (κ1) is 17.2. The van der Waals surface area contributed by atoms with Crippen LogP contribution in [0.5, 0.6) is 0 Å². The second kappa shape index (κ2) is 6.33. The summed E-state index contributed by atoms with van der Waals surface area (Å²) in [7, 11) is -3.85. The molecule has 0 spiro atoms. The van der Waals surface area contributed by atoms with E-state index in [0.717, 1.165) is 5.69 Å². The highest BCUT2D eigenvalue weighted by molar-refractivity contribution is 7.92. The molecule has 2 aromatic carbocycles. The lowest BCUT2D eigenvalue weighted by atomic mass is 10.2. The molecule has 0 unspecified atom stereocenters. The molecule has 25 heavy (non-hydrogen) atoms. The Labute approximate surface area is 146 Å². The Balaban J connectivity index is 2.05. The second-order valence-corrected chi connectivity index (χ2v) is 7.43. The molecule has 0 radical (unpaired) electrons. The summed E-state index contributed by atoms with van der Waals surface area (Å²) in [6.45, 7) is 5.01. The Morgan fingerprint density at radius 1 is 1.04 bits per heavy atom. The fourth-order valence-electron chi connectivity index (χ4n) is 2.78. The maximum Gasteiger partial charge on any atom is 0.265 e. The van der Waals surface area contributed by atoms with Crippen LogP contribution in [0.1, 0.15) is 17.0 Å². The number of nitrogens with one attached hydrogen (secondary N) is 1. The van der Waals surface area contributed by atoms with Crippen molar-refractivity contribution in [1.29, 1.82) is 0 Å². The molecule has 0 saturated carbocycles. The second-order valence-electron chi connectivity index (χ2n) is 5.81. The van der Waals surface area contributed by atoms with Gasteiger partial charge in [0.05, 0.1) is 22.8 Å². The standard InChI is InChI=1S/C18H18FN3O2S/c1-12-11-15(19)9-10-17(12)21-25(23,24)18-13(2)20-22(14(18)3)16-7-5-4-6-8-16/h4-11,21H,1-3H3. The molecule has 3 aromatic rings. The molecular formula is C18H18FN3O2S. The van der Waals surface area contributed by atoms with Crippen LogP contribution in [0.3, 0.4) is 0 Å². The van der Waals surface area contributed by atoms with Crippen molar-refractivity contribution >= 4 is 15.7 Å². The SMILES string of the molecule is Cc1cc(F)ccc1NS(=O)(=O)c1c(C)nn(-c2ccccc2)c1C. The van der Waals surface area contributed by atoms with Crippen molar-refractivity contribution in [2.75, 3.05) is 4.72 Å². The number of aryl methyl sites for hydroxylation is 2. The van der Waals surface area contributed by atoms with Crippen molar-refractivity contribution in [1.82, 2.24) is 9.78 Å². The fourth-order valence-corrected chi connectivity index (χ4v) is 4.30. The van der Waals surface area contributed by atoms with Crippen LogP contribution >= 0.6 is 0 Å². The van der Waals surface area contributed by atoms with Crippen molar-refractivity contribution in [3.63, 3.8) is 0 Å². The zero-order chi connectivity index (χ0) is 18.2. The molecule has 1 heterocycles. The van der Waals surface area contributed by atoms with Gasteiger partial charge in [0.25, 0.3) is 10.0 Å². The first-order valence-corrected chi connectivity index (χ1v) is 9.18. The van der Waals surface area contributed by atoms with Crippen LogP contribution in [0.25, 0.3) is 5.69 Å². The highest BCUT2D eigenvalue weighted by Gasteiger charge is 2.25. The Kier molecular flexibility index (Phi) is 4.34. The van der Waals surface area contributed by atoms with Crippen molar-refractivity contribution in [3.8, 4) is 5.69 Å². The number of benzene rings is 2. The lowest BCUT2D eigenvalue weighted by molar-refractivity contribution is 0.599. The molecule has 0 amide bonds. The fraction of sp³-hybridized carbons (Fsp3) is 0.167. The minimum atomic E-state index is -3.85. The topological polar surface area (TPSA) is 64.0 Å². The zero-order valence-corrected chi connectivity index (χ0v) is 14.9. The van der Waals surface area contributed by atoms with Crippen LogP contribution in [0.2, 0.25) is 0 Å². The number of halogens is 1. The number of rotatable bonds is 4. The van der Waals surface area contributed by atoms with E-state index in [4.69, 9.17) is 0 Å². The minimum Gasteiger partial charge on any atom is -0.279 e. The normalized spacial score (nSPS) is 11.5. The number of para-hydroxylation sites is 1. The van der Waals surface area contributed by atoms with E-state index >= 15 is 0 Å². The van der Waals surface area contributed by atoms with Crippen LogP contribution in [0, 0.1) is 26.6 Å². The molecule has 0 aliphatic heterocycles. The van der Waals surface area contributed by atoms with Crippen LogP contribution < -0.4 is 4.72 Å². The number of aromatic nitrogens is 2. The summed E-state index contributed by atoms with van der Waals surface area (Å²) < 4.78 is 43.1. The Morgan fingerprint density at radius 3 is 2.36 bits per heavy atom. The van der Waals surface area contributed by atoms with E-state index in [2.05, 4.69) is 9.82 Å². The van der Waals surface area contributed by atoms with Gasteiger partial charge < -0.3 is 0 Å². The molecule has 5 nitrogen and oxygen atoms in total. The Morgan fingerprint density at radius 2 is 1.72 bits per heavy atom. The molecule has 0 aliphatic rings. The highest BCUT2D eigenvalue weighted by Crippen LogP contribution is 2.26. The molecule has 0 atom stereocenters. The monoisotopic (exact) mass is 359 g/mol. The lowest BCUT2D eigenvalue weighted by Gasteiger charge is -2.11. The predicted molar refractivity (Wildman–Crippen MR) is 95.0 cm³/mol. The molecule has 0 bridgehead atoms. The molecule has 3 rings (SSSR count). The molecule has 0 saturated heterocycles. The molecule has 7 heteroatoms. The molecule has 0 aliphatic carbocycles. The number of anilines is 1.